The van der Waals surface area contributed by atoms with E-state index in [1.165, 1.54) is 30.7 Å². The van der Waals surface area contributed by atoms with Crippen LogP contribution in [-0.2, 0) is 4.74 Å². The van der Waals surface area contributed by atoms with Gasteiger partial charge in [0.05, 0.1) is 33.8 Å². The van der Waals surface area contributed by atoms with Gasteiger partial charge in [-0.05, 0) is 0 Å². The van der Waals surface area contributed by atoms with Crippen LogP contribution in [0.25, 0.3) is 0 Å². The third-order valence-corrected chi connectivity index (χ3v) is 2.65. The first-order valence-electron chi connectivity index (χ1n) is 4.67. The Morgan fingerprint density at radius 2 is 1.83 bits per heavy atom. The monoisotopic (exact) mass is 173 g/mol. The molecule has 0 saturated carbocycles. The number of rotatable bonds is 3. The molecule has 0 aromatic heterocycles. The van der Waals surface area contributed by atoms with Gasteiger partial charge in [0, 0.05) is 26.7 Å². The summed E-state index contributed by atoms with van der Waals surface area (Å²) in [6.07, 6.45) is 0. The summed E-state index contributed by atoms with van der Waals surface area (Å²) in [5.74, 6) is 0. The maximum absolute atomic E-state index is 5.05. The van der Waals surface area contributed by atoms with Crippen molar-refractivity contribution in [1.29, 1.82) is 0 Å². The van der Waals surface area contributed by atoms with Crippen LogP contribution in [0.4, 0.5) is 0 Å². The molecule has 0 N–H and O–H groups in total. The first kappa shape index (κ1) is 9.96. The third-order valence-electron chi connectivity index (χ3n) is 2.65. The number of hydrogen-bond donors (Lipinski definition) is 0. The van der Waals surface area contributed by atoms with Crippen molar-refractivity contribution < 1.29 is 9.22 Å². The van der Waals surface area contributed by atoms with Gasteiger partial charge in [-0.25, -0.2) is 0 Å². The highest BCUT2D eigenvalue weighted by Crippen LogP contribution is 2.05. The number of nitrogens with zero attached hydrogens (tertiary/aromatic N) is 2. The zero-order valence-corrected chi connectivity index (χ0v) is 8.55. The molecule has 0 amide bonds. The summed E-state index contributed by atoms with van der Waals surface area (Å²) in [5.41, 5.74) is 0. The third kappa shape index (κ3) is 3.09. The summed E-state index contributed by atoms with van der Waals surface area (Å²) in [6, 6.07) is 0. The molecule has 0 radical (unpaired) electrons. The molecule has 1 aliphatic rings. The van der Waals surface area contributed by atoms with E-state index in [2.05, 4.69) is 19.0 Å². The van der Waals surface area contributed by atoms with E-state index < -0.39 is 0 Å². The summed E-state index contributed by atoms with van der Waals surface area (Å²) >= 11 is 0. The van der Waals surface area contributed by atoms with Crippen molar-refractivity contribution in [3.63, 3.8) is 0 Å². The number of methoxy groups -OCH3 is 1. The van der Waals surface area contributed by atoms with E-state index in [-0.39, 0.29) is 0 Å². The molecule has 3 heteroatoms. The van der Waals surface area contributed by atoms with Gasteiger partial charge in [0.2, 0.25) is 0 Å². The van der Waals surface area contributed by atoms with Crippen LogP contribution < -0.4 is 0 Å². The maximum Gasteiger partial charge on any atom is 0.0912 e. The first-order valence-corrected chi connectivity index (χ1v) is 4.67. The number of quaternary nitrogens is 1. The normalized spacial score (nSPS) is 24.2. The fraction of sp³-hybridized carbons (Fsp3) is 1.00. The standard InChI is InChI=1S/C9H21N2O/c1-11(2)7-4-10(5-8-11)6-9-12-3/h4-9H2,1-3H3/q+1. The molecule has 1 aliphatic heterocycles. The van der Waals surface area contributed by atoms with Crippen molar-refractivity contribution in [3.05, 3.63) is 0 Å². The highest BCUT2D eigenvalue weighted by atomic mass is 16.5. The minimum absolute atomic E-state index is 0.868. The van der Waals surface area contributed by atoms with Crippen LogP contribution in [0.1, 0.15) is 0 Å². The molecule has 0 atom stereocenters. The van der Waals surface area contributed by atoms with Gasteiger partial charge >= 0.3 is 0 Å². The quantitative estimate of drug-likeness (QED) is 0.558. The van der Waals surface area contributed by atoms with E-state index in [0.717, 1.165) is 13.2 Å². The van der Waals surface area contributed by atoms with Crippen LogP contribution >= 0.6 is 0 Å². The summed E-state index contributed by atoms with van der Waals surface area (Å²) in [4.78, 5) is 2.48. The smallest absolute Gasteiger partial charge is 0.0912 e. The van der Waals surface area contributed by atoms with Gasteiger partial charge in [0.25, 0.3) is 0 Å². The molecule has 72 valence electrons. The Hall–Kier alpha value is -0.120. The minimum Gasteiger partial charge on any atom is -0.383 e. The topological polar surface area (TPSA) is 12.5 Å². The first-order chi connectivity index (χ1) is 5.64. The lowest BCUT2D eigenvalue weighted by atomic mass is 10.3. The van der Waals surface area contributed by atoms with Crippen molar-refractivity contribution in [2.45, 2.75) is 0 Å². The van der Waals surface area contributed by atoms with E-state index >= 15 is 0 Å². The fourth-order valence-electron chi connectivity index (χ4n) is 1.49. The highest BCUT2D eigenvalue weighted by molar-refractivity contribution is 4.61. The van der Waals surface area contributed by atoms with Crippen LogP contribution in [0, 0.1) is 0 Å². The van der Waals surface area contributed by atoms with Crippen molar-refractivity contribution in [2.75, 3.05) is 60.5 Å². The Morgan fingerprint density at radius 3 is 2.33 bits per heavy atom. The predicted molar refractivity (Wildman–Crippen MR) is 50.2 cm³/mol. The average molecular weight is 173 g/mol. The van der Waals surface area contributed by atoms with E-state index in [0.29, 0.717) is 0 Å². The molecule has 1 saturated heterocycles. The Morgan fingerprint density at radius 1 is 1.25 bits per heavy atom. The van der Waals surface area contributed by atoms with Crippen LogP contribution in [-0.4, -0.2) is 69.9 Å². The largest absolute Gasteiger partial charge is 0.383 e. The maximum atomic E-state index is 5.05. The second kappa shape index (κ2) is 4.21. The van der Waals surface area contributed by atoms with Crippen LogP contribution in [0.5, 0.6) is 0 Å². The van der Waals surface area contributed by atoms with Gasteiger partial charge in [-0.1, -0.05) is 0 Å². The molecular formula is C9H21N2O+. The Balaban J connectivity index is 2.18. The highest BCUT2D eigenvalue weighted by Gasteiger charge is 2.23. The van der Waals surface area contributed by atoms with Crippen LogP contribution in [0.15, 0.2) is 0 Å². The van der Waals surface area contributed by atoms with Gasteiger partial charge in [-0.2, -0.15) is 0 Å². The Labute approximate surface area is 75.5 Å². The van der Waals surface area contributed by atoms with Gasteiger partial charge in [0.1, 0.15) is 0 Å². The van der Waals surface area contributed by atoms with Gasteiger partial charge < -0.3 is 9.22 Å². The lowest BCUT2D eigenvalue weighted by molar-refractivity contribution is -0.894. The summed E-state index contributed by atoms with van der Waals surface area (Å²) < 4.78 is 6.22. The molecule has 0 aliphatic carbocycles. The number of hydrogen-bond acceptors (Lipinski definition) is 2. The fourth-order valence-corrected chi connectivity index (χ4v) is 1.49. The predicted octanol–water partition coefficient (Wildman–Crippen LogP) is 0.0248. The lowest BCUT2D eigenvalue weighted by Crippen LogP contribution is -2.55. The van der Waals surface area contributed by atoms with Crippen LogP contribution in [0.3, 0.4) is 0 Å². The second-order valence-corrected chi connectivity index (χ2v) is 4.22. The van der Waals surface area contributed by atoms with E-state index in [9.17, 15) is 0 Å². The number of likely N-dealkylation sites (N-methyl/N-ethyl adjacent to an activating group) is 1. The number of piperazine rings is 1. The van der Waals surface area contributed by atoms with Crippen molar-refractivity contribution in [1.82, 2.24) is 4.90 Å². The average Bonchev–Trinajstić information content (AvgIpc) is 2.03. The minimum atomic E-state index is 0.868. The molecule has 0 aromatic rings. The zero-order chi connectivity index (χ0) is 9.03. The Bertz CT molecular complexity index is 126. The SMILES string of the molecule is COCCN1CC[N+](C)(C)CC1. The van der Waals surface area contributed by atoms with Crippen LogP contribution in [0.2, 0.25) is 0 Å². The second-order valence-electron chi connectivity index (χ2n) is 4.22. The molecular weight excluding hydrogens is 152 g/mol. The zero-order valence-electron chi connectivity index (χ0n) is 8.55. The van der Waals surface area contributed by atoms with E-state index in [1.54, 1.807) is 7.11 Å². The van der Waals surface area contributed by atoms with Gasteiger partial charge in [-0.3, -0.25) is 4.90 Å². The van der Waals surface area contributed by atoms with E-state index in [4.69, 9.17) is 4.74 Å². The molecule has 0 bridgehead atoms. The molecule has 1 fully saturated rings. The van der Waals surface area contributed by atoms with Crippen molar-refractivity contribution >= 4 is 0 Å². The number of ether oxygens (including phenoxy) is 1. The molecule has 1 rings (SSSR count). The van der Waals surface area contributed by atoms with Crippen molar-refractivity contribution in [3.8, 4) is 0 Å². The van der Waals surface area contributed by atoms with Gasteiger partial charge in [-0.15, -0.1) is 0 Å². The Kier molecular flexibility index (Phi) is 3.50. The lowest BCUT2D eigenvalue weighted by Gasteiger charge is -2.38. The van der Waals surface area contributed by atoms with Crippen molar-refractivity contribution in [2.24, 2.45) is 0 Å². The van der Waals surface area contributed by atoms with E-state index in [1.807, 2.05) is 0 Å². The molecule has 1 heterocycles. The molecule has 0 unspecified atom stereocenters. The molecule has 0 aromatic carbocycles. The summed E-state index contributed by atoms with van der Waals surface area (Å²) in [7, 11) is 6.37. The molecule has 0 spiro atoms. The molecule has 12 heavy (non-hydrogen) atoms. The summed E-state index contributed by atoms with van der Waals surface area (Å²) in [6.45, 7) is 6.93. The van der Waals surface area contributed by atoms with Gasteiger partial charge in [0.15, 0.2) is 0 Å². The molecule has 3 nitrogen and oxygen atoms in total. The summed E-state index contributed by atoms with van der Waals surface area (Å²) in [5, 5.41) is 0.